The van der Waals surface area contributed by atoms with Gasteiger partial charge in [0, 0.05) is 11.8 Å². The van der Waals surface area contributed by atoms with Crippen LogP contribution in [0.15, 0.2) is 34.3 Å². The molecule has 0 radical (unpaired) electrons. The number of allylic oxidation sites excluding steroid dienone is 1. The zero-order valence-electron chi connectivity index (χ0n) is 8.47. The van der Waals surface area contributed by atoms with Crippen molar-refractivity contribution in [1.82, 2.24) is 0 Å². The van der Waals surface area contributed by atoms with Crippen LogP contribution < -0.4 is 5.32 Å². The molecule has 0 aromatic heterocycles. The van der Waals surface area contributed by atoms with Crippen LogP contribution in [-0.4, -0.2) is 5.91 Å². The van der Waals surface area contributed by atoms with Crippen molar-refractivity contribution in [1.29, 1.82) is 0 Å². The van der Waals surface area contributed by atoms with Crippen LogP contribution in [0.1, 0.15) is 13.8 Å². The number of anilines is 1. The van der Waals surface area contributed by atoms with Crippen LogP contribution in [-0.2, 0) is 4.79 Å². The molecule has 0 saturated heterocycles. The van der Waals surface area contributed by atoms with E-state index in [1.807, 2.05) is 13.8 Å². The number of benzene rings is 1. The first kappa shape index (κ1) is 11.9. The van der Waals surface area contributed by atoms with Gasteiger partial charge in [0.05, 0.1) is 4.47 Å². The Morgan fingerprint density at radius 1 is 1.47 bits per heavy atom. The minimum absolute atomic E-state index is 0.253. The average Bonchev–Trinajstić information content (AvgIpc) is 2.10. The fourth-order valence-corrected chi connectivity index (χ4v) is 1.26. The van der Waals surface area contributed by atoms with Gasteiger partial charge in [0.2, 0.25) is 5.91 Å². The van der Waals surface area contributed by atoms with Gasteiger partial charge >= 0.3 is 0 Å². The van der Waals surface area contributed by atoms with Gasteiger partial charge in [0.1, 0.15) is 5.82 Å². The second-order valence-corrected chi connectivity index (χ2v) is 4.19. The maximum atomic E-state index is 13.1. The van der Waals surface area contributed by atoms with E-state index < -0.39 is 5.82 Å². The fraction of sp³-hybridized carbons (Fsp3) is 0.182. The third-order valence-corrected chi connectivity index (χ3v) is 2.25. The lowest BCUT2D eigenvalue weighted by molar-refractivity contribution is -0.111. The summed E-state index contributed by atoms with van der Waals surface area (Å²) in [5.41, 5.74) is 1.34. The van der Waals surface area contributed by atoms with Crippen molar-refractivity contribution in [3.63, 3.8) is 0 Å². The highest BCUT2D eigenvalue weighted by Crippen LogP contribution is 2.19. The Labute approximate surface area is 96.3 Å². The topological polar surface area (TPSA) is 29.1 Å². The van der Waals surface area contributed by atoms with Crippen LogP contribution in [0.5, 0.6) is 0 Å². The molecular weight excluding hydrogens is 261 g/mol. The molecule has 1 aromatic rings. The number of nitrogens with one attached hydrogen (secondary N) is 1. The van der Waals surface area contributed by atoms with Crippen LogP contribution in [0, 0.1) is 5.82 Å². The summed E-state index contributed by atoms with van der Waals surface area (Å²) in [4.78, 5) is 11.3. The molecule has 2 nitrogen and oxygen atoms in total. The van der Waals surface area contributed by atoms with E-state index in [1.54, 1.807) is 12.1 Å². The molecule has 0 aliphatic carbocycles. The van der Waals surface area contributed by atoms with Crippen molar-refractivity contribution in [2.45, 2.75) is 13.8 Å². The van der Waals surface area contributed by atoms with Crippen LogP contribution in [0.2, 0.25) is 0 Å². The number of carbonyl (C=O) groups excluding carboxylic acids is 1. The molecular formula is C11H11BrFNO. The van der Waals surface area contributed by atoms with Crippen LogP contribution in [0.4, 0.5) is 10.1 Å². The third-order valence-electron chi connectivity index (χ3n) is 1.61. The zero-order chi connectivity index (χ0) is 11.4. The lowest BCUT2D eigenvalue weighted by Crippen LogP contribution is -2.08. The SMILES string of the molecule is CC(C)=CC(=O)Nc1ccc(Br)c(F)c1. The maximum absolute atomic E-state index is 13.1. The number of hydrogen-bond donors (Lipinski definition) is 1. The first-order valence-corrected chi connectivity index (χ1v) is 5.19. The Balaban J connectivity index is 2.78. The summed E-state index contributed by atoms with van der Waals surface area (Å²) < 4.78 is 13.5. The lowest BCUT2D eigenvalue weighted by atomic mass is 10.3. The molecule has 0 fully saturated rings. The summed E-state index contributed by atoms with van der Waals surface area (Å²) in [6, 6.07) is 4.44. The van der Waals surface area contributed by atoms with Crippen molar-refractivity contribution in [2.24, 2.45) is 0 Å². The molecule has 1 N–H and O–H groups in total. The molecule has 4 heteroatoms. The second kappa shape index (κ2) is 5.07. The lowest BCUT2D eigenvalue weighted by Gasteiger charge is -2.03. The molecule has 0 heterocycles. The van der Waals surface area contributed by atoms with E-state index in [4.69, 9.17) is 0 Å². The molecule has 0 spiro atoms. The van der Waals surface area contributed by atoms with Crippen LogP contribution in [0.25, 0.3) is 0 Å². The van der Waals surface area contributed by atoms with Gasteiger partial charge in [-0.1, -0.05) is 5.57 Å². The van der Waals surface area contributed by atoms with Crippen LogP contribution in [0.3, 0.4) is 0 Å². The van der Waals surface area contributed by atoms with E-state index >= 15 is 0 Å². The molecule has 0 aliphatic heterocycles. The van der Waals surface area contributed by atoms with E-state index in [0.717, 1.165) is 5.57 Å². The van der Waals surface area contributed by atoms with Gasteiger partial charge < -0.3 is 5.32 Å². The number of amides is 1. The molecule has 0 saturated carbocycles. The van der Waals surface area contributed by atoms with E-state index in [0.29, 0.717) is 10.2 Å². The summed E-state index contributed by atoms with van der Waals surface area (Å²) in [6.07, 6.45) is 1.46. The Kier molecular flexibility index (Phi) is 4.03. The maximum Gasteiger partial charge on any atom is 0.248 e. The highest BCUT2D eigenvalue weighted by Gasteiger charge is 2.02. The molecule has 0 aliphatic rings. The van der Waals surface area contributed by atoms with E-state index in [9.17, 15) is 9.18 Å². The van der Waals surface area contributed by atoms with E-state index in [1.165, 1.54) is 12.1 Å². The number of carbonyl (C=O) groups is 1. The van der Waals surface area contributed by atoms with Gasteiger partial charge in [-0.25, -0.2) is 4.39 Å². The third kappa shape index (κ3) is 3.83. The molecule has 1 rings (SSSR count). The Morgan fingerprint density at radius 2 is 2.13 bits per heavy atom. The molecule has 15 heavy (non-hydrogen) atoms. The minimum atomic E-state index is -0.398. The summed E-state index contributed by atoms with van der Waals surface area (Å²) in [7, 11) is 0. The minimum Gasteiger partial charge on any atom is -0.322 e. The van der Waals surface area contributed by atoms with Gasteiger partial charge in [0.15, 0.2) is 0 Å². The standard InChI is InChI=1S/C11H11BrFNO/c1-7(2)5-11(15)14-8-3-4-9(12)10(13)6-8/h3-6H,1-2H3,(H,14,15). The highest BCUT2D eigenvalue weighted by molar-refractivity contribution is 9.10. The summed E-state index contributed by atoms with van der Waals surface area (Å²) in [5.74, 6) is -0.651. The number of halogens is 2. The van der Waals surface area contributed by atoms with E-state index in [-0.39, 0.29) is 5.91 Å². The predicted octanol–water partition coefficient (Wildman–Crippen LogP) is 3.49. The van der Waals surface area contributed by atoms with Crippen molar-refractivity contribution >= 4 is 27.5 Å². The zero-order valence-corrected chi connectivity index (χ0v) is 10.1. The first-order valence-electron chi connectivity index (χ1n) is 4.40. The van der Waals surface area contributed by atoms with Crippen molar-refractivity contribution in [3.8, 4) is 0 Å². The largest absolute Gasteiger partial charge is 0.322 e. The fourth-order valence-electron chi connectivity index (χ4n) is 1.01. The molecule has 80 valence electrons. The molecule has 1 amide bonds. The Hall–Kier alpha value is -1.16. The number of hydrogen-bond acceptors (Lipinski definition) is 1. The van der Waals surface area contributed by atoms with E-state index in [2.05, 4.69) is 21.2 Å². The van der Waals surface area contributed by atoms with Crippen molar-refractivity contribution in [3.05, 3.63) is 40.1 Å². The van der Waals surface area contributed by atoms with Gasteiger partial charge in [0.25, 0.3) is 0 Å². The predicted molar refractivity (Wildman–Crippen MR) is 62.2 cm³/mol. The normalized spacial score (nSPS) is 9.60. The molecule has 0 bridgehead atoms. The Bertz CT molecular complexity index is 411. The van der Waals surface area contributed by atoms with Gasteiger partial charge in [-0.2, -0.15) is 0 Å². The number of rotatable bonds is 2. The molecule has 1 aromatic carbocycles. The average molecular weight is 272 g/mol. The van der Waals surface area contributed by atoms with Gasteiger partial charge in [-0.05, 0) is 48.0 Å². The first-order chi connectivity index (χ1) is 6.99. The highest BCUT2D eigenvalue weighted by atomic mass is 79.9. The summed E-state index contributed by atoms with van der Waals surface area (Å²) in [5, 5.41) is 2.57. The van der Waals surface area contributed by atoms with Crippen LogP contribution >= 0.6 is 15.9 Å². The van der Waals surface area contributed by atoms with Crippen molar-refractivity contribution in [2.75, 3.05) is 5.32 Å². The summed E-state index contributed by atoms with van der Waals surface area (Å²) >= 11 is 3.04. The van der Waals surface area contributed by atoms with Crippen molar-refractivity contribution < 1.29 is 9.18 Å². The molecule has 0 unspecified atom stereocenters. The smallest absolute Gasteiger partial charge is 0.248 e. The van der Waals surface area contributed by atoms with Gasteiger partial charge in [-0.3, -0.25) is 4.79 Å². The second-order valence-electron chi connectivity index (χ2n) is 3.34. The van der Waals surface area contributed by atoms with Gasteiger partial charge in [-0.15, -0.1) is 0 Å². The molecule has 0 atom stereocenters. The summed E-state index contributed by atoms with van der Waals surface area (Å²) in [6.45, 7) is 3.64. The monoisotopic (exact) mass is 271 g/mol. The Morgan fingerprint density at radius 3 is 2.67 bits per heavy atom. The quantitative estimate of drug-likeness (QED) is 0.820.